The van der Waals surface area contributed by atoms with Crippen molar-refractivity contribution in [3.05, 3.63) is 33.6 Å². The van der Waals surface area contributed by atoms with Gasteiger partial charge in [-0.1, -0.05) is 11.3 Å². The lowest BCUT2D eigenvalue weighted by Gasteiger charge is -1.97. The van der Waals surface area contributed by atoms with Gasteiger partial charge in [-0.25, -0.2) is 4.98 Å². The van der Waals surface area contributed by atoms with Crippen molar-refractivity contribution in [1.82, 2.24) is 4.98 Å². The first-order chi connectivity index (χ1) is 7.69. The third-order valence-corrected chi connectivity index (χ3v) is 3.18. The summed E-state index contributed by atoms with van der Waals surface area (Å²) in [5.41, 5.74) is 5.38. The second kappa shape index (κ2) is 4.77. The number of carbonyl (C=O) groups is 1. The van der Waals surface area contributed by atoms with Crippen LogP contribution in [0.3, 0.4) is 0 Å². The molecule has 16 heavy (non-hydrogen) atoms. The highest BCUT2D eigenvalue weighted by Gasteiger charge is 2.12. The standard InChI is InChI=1S/C9H8BrN3O2S/c10-7-4-12-9(16-7)13-8(14)6-2-1-5(3-11)15-6/h1-2,4H,3,11H2,(H,12,13,14). The number of nitrogens with one attached hydrogen (secondary N) is 1. The quantitative estimate of drug-likeness (QED) is 0.911. The molecule has 0 radical (unpaired) electrons. The molecule has 2 rings (SSSR count). The number of nitrogens with two attached hydrogens (primary N) is 1. The van der Waals surface area contributed by atoms with Gasteiger partial charge in [0.05, 0.1) is 16.5 Å². The van der Waals surface area contributed by atoms with Crippen LogP contribution in [0.25, 0.3) is 0 Å². The summed E-state index contributed by atoms with van der Waals surface area (Å²) in [5.74, 6) is 0.471. The molecule has 1 amide bonds. The fourth-order valence-electron chi connectivity index (χ4n) is 1.08. The third kappa shape index (κ3) is 2.49. The predicted molar refractivity (Wildman–Crippen MR) is 64.4 cm³/mol. The van der Waals surface area contributed by atoms with Crippen molar-refractivity contribution in [1.29, 1.82) is 0 Å². The van der Waals surface area contributed by atoms with Crippen LogP contribution in [-0.2, 0) is 6.54 Å². The number of thiazole rings is 1. The lowest BCUT2D eigenvalue weighted by molar-refractivity contribution is 0.0995. The molecule has 0 aliphatic carbocycles. The van der Waals surface area contributed by atoms with Crippen molar-refractivity contribution in [3.63, 3.8) is 0 Å². The fraction of sp³-hybridized carbons (Fsp3) is 0.111. The van der Waals surface area contributed by atoms with Gasteiger partial charge in [0.2, 0.25) is 0 Å². The fourth-order valence-corrected chi connectivity index (χ4v) is 2.18. The number of hydrogen-bond donors (Lipinski definition) is 2. The second-order valence-corrected chi connectivity index (χ2v) is 5.30. The Bertz CT molecular complexity index is 508. The van der Waals surface area contributed by atoms with E-state index >= 15 is 0 Å². The molecular weight excluding hydrogens is 294 g/mol. The van der Waals surface area contributed by atoms with Gasteiger partial charge in [0, 0.05) is 0 Å². The summed E-state index contributed by atoms with van der Waals surface area (Å²) in [6, 6.07) is 3.26. The molecule has 0 aromatic carbocycles. The summed E-state index contributed by atoms with van der Waals surface area (Å²) in [4.78, 5) is 15.6. The van der Waals surface area contributed by atoms with Gasteiger partial charge in [-0.05, 0) is 28.1 Å². The first-order valence-corrected chi connectivity index (χ1v) is 6.01. The van der Waals surface area contributed by atoms with Crippen LogP contribution >= 0.6 is 27.3 Å². The molecule has 2 heterocycles. The number of amides is 1. The Morgan fingerprint density at radius 1 is 1.62 bits per heavy atom. The van der Waals surface area contributed by atoms with E-state index in [-0.39, 0.29) is 18.2 Å². The molecule has 0 bridgehead atoms. The zero-order valence-corrected chi connectivity index (χ0v) is 10.5. The van der Waals surface area contributed by atoms with Crippen molar-refractivity contribution in [3.8, 4) is 0 Å². The maximum Gasteiger partial charge on any atom is 0.293 e. The molecule has 2 aromatic heterocycles. The van der Waals surface area contributed by atoms with Crippen LogP contribution in [0.5, 0.6) is 0 Å². The first-order valence-electron chi connectivity index (χ1n) is 4.40. The third-order valence-electron chi connectivity index (χ3n) is 1.78. The molecule has 0 spiro atoms. The molecule has 2 aromatic rings. The van der Waals surface area contributed by atoms with Crippen LogP contribution in [-0.4, -0.2) is 10.9 Å². The highest BCUT2D eigenvalue weighted by molar-refractivity contribution is 9.11. The highest BCUT2D eigenvalue weighted by atomic mass is 79.9. The van der Waals surface area contributed by atoms with Crippen LogP contribution in [0.15, 0.2) is 26.5 Å². The Morgan fingerprint density at radius 2 is 2.44 bits per heavy atom. The van der Waals surface area contributed by atoms with Gasteiger partial charge in [-0.15, -0.1) is 0 Å². The molecule has 84 valence electrons. The van der Waals surface area contributed by atoms with Crippen LogP contribution in [0.4, 0.5) is 5.13 Å². The van der Waals surface area contributed by atoms with Gasteiger partial charge < -0.3 is 10.2 Å². The van der Waals surface area contributed by atoms with Crippen LogP contribution in [0.1, 0.15) is 16.3 Å². The molecule has 7 heteroatoms. The van der Waals surface area contributed by atoms with Crippen molar-refractivity contribution in [2.45, 2.75) is 6.54 Å². The van der Waals surface area contributed by atoms with E-state index in [1.165, 1.54) is 11.3 Å². The predicted octanol–water partition coefficient (Wildman–Crippen LogP) is 2.21. The number of halogens is 1. The highest BCUT2D eigenvalue weighted by Crippen LogP contribution is 2.23. The Morgan fingerprint density at radius 3 is 3.00 bits per heavy atom. The number of carbonyl (C=O) groups excluding carboxylic acids is 1. The van der Waals surface area contributed by atoms with Crippen LogP contribution in [0.2, 0.25) is 0 Å². The van der Waals surface area contributed by atoms with Crippen LogP contribution in [0, 0.1) is 0 Å². The van der Waals surface area contributed by atoms with Gasteiger partial charge in [0.1, 0.15) is 5.76 Å². The summed E-state index contributed by atoms with van der Waals surface area (Å²) >= 11 is 4.59. The van der Waals surface area contributed by atoms with Gasteiger partial charge in [0.15, 0.2) is 10.9 Å². The SMILES string of the molecule is NCc1ccc(C(=O)Nc2ncc(Br)s2)o1. The molecule has 0 saturated heterocycles. The Hall–Kier alpha value is -1.18. The van der Waals surface area contributed by atoms with E-state index in [0.717, 1.165) is 3.79 Å². The molecule has 0 unspecified atom stereocenters. The van der Waals surface area contributed by atoms with Crippen molar-refractivity contribution < 1.29 is 9.21 Å². The number of aromatic nitrogens is 1. The topological polar surface area (TPSA) is 81.2 Å². The minimum Gasteiger partial charge on any atom is -0.455 e. The average molecular weight is 302 g/mol. The largest absolute Gasteiger partial charge is 0.455 e. The molecular formula is C9H8BrN3O2S. The molecule has 5 nitrogen and oxygen atoms in total. The van der Waals surface area contributed by atoms with Crippen LogP contribution < -0.4 is 11.1 Å². The monoisotopic (exact) mass is 301 g/mol. The van der Waals surface area contributed by atoms with E-state index < -0.39 is 0 Å². The number of anilines is 1. The summed E-state index contributed by atoms with van der Waals surface area (Å²) in [6.45, 7) is 0.274. The summed E-state index contributed by atoms with van der Waals surface area (Å²) in [7, 11) is 0. The zero-order chi connectivity index (χ0) is 11.5. The summed E-state index contributed by atoms with van der Waals surface area (Å²) in [6.07, 6.45) is 1.62. The summed E-state index contributed by atoms with van der Waals surface area (Å²) in [5, 5.41) is 3.14. The average Bonchev–Trinajstić information content (AvgIpc) is 2.87. The first kappa shape index (κ1) is 11.3. The van der Waals surface area contributed by atoms with E-state index in [1.54, 1.807) is 18.3 Å². The molecule has 0 saturated carbocycles. The summed E-state index contributed by atoms with van der Waals surface area (Å²) < 4.78 is 6.05. The number of furan rings is 1. The second-order valence-electron chi connectivity index (χ2n) is 2.89. The van der Waals surface area contributed by atoms with Gasteiger partial charge in [-0.2, -0.15) is 0 Å². The lowest BCUT2D eigenvalue weighted by Crippen LogP contribution is -2.10. The number of nitrogens with zero attached hydrogens (tertiary/aromatic N) is 1. The Balaban J connectivity index is 2.08. The zero-order valence-electron chi connectivity index (χ0n) is 8.07. The molecule has 3 N–H and O–H groups in total. The van der Waals surface area contributed by atoms with Gasteiger partial charge in [-0.3, -0.25) is 10.1 Å². The molecule has 0 aliphatic rings. The van der Waals surface area contributed by atoms with Crippen molar-refractivity contribution in [2.24, 2.45) is 5.73 Å². The number of hydrogen-bond acceptors (Lipinski definition) is 5. The normalized spacial score (nSPS) is 10.4. The molecule has 0 atom stereocenters. The minimum absolute atomic E-state index is 0.228. The lowest BCUT2D eigenvalue weighted by atomic mass is 10.4. The number of rotatable bonds is 3. The van der Waals surface area contributed by atoms with E-state index in [4.69, 9.17) is 10.2 Å². The van der Waals surface area contributed by atoms with Gasteiger partial charge >= 0.3 is 0 Å². The van der Waals surface area contributed by atoms with E-state index in [9.17, 15) is 4.79 Å². The van der Waals surface area contributed by atoms with E-state index in [1.807, 2.05) is 0 Å². The van der Waals surface area contributed by atoms with E-state index in [2.05, 4.69) is 26.2 Å². The maximum atomic E-state index is 11.7. The molecule has 0 fully saturated rings. The van der Waals surface area contributed by atoms with E-state index in [0.29, 0.717) is 10.9 Å². The molecule has 0 aliphatic heterocycles. The Labute approximate surface area is 104 Å². The maximum absolute atomic E-state index is 11.7. The van der Waals surface area contributed by atoms with Gasteiger partial charge in [0.25, 0.3) is 5.91 Å². The Kier molecular flexibility index (Phi) is 3.37. The minimum atomic E-state index is -0.332. The van der Waals surface area contributed by atoms with Crippen molar-refractivity contribution >= 4 is 38.3 Å². The van der Waals surface area contributed by atoms with Crippen molar-refractivity contribution in [2.75, 3.05) is 5.32 Å². The smallest absolute Gasteiger partial charge is 0.293 e.